The van der Waals surface area contributed by atoms with Gasteiger partial charge in [-0.05, 0) is 43.4 Å². The molecule has 0 saturated carbocycles. The summed E-state index contributed by atoms with van der Waals surface area (Å²) in [5.74, 6) is -0.349. The summed E-state index contributed by atoms with van der Waals surface area (Å²) in [7, 11) is 0. The van der Waals surface area contributed by atoms with Gasteiger partial charge in [-0.3, -0.25) is 4.79 Å². The largest absolute Gasteiger partial charge is 0.378 e. The molecule has 1 aliphatic heterocycles. The summed E-state index contributed by atoms with van der Waals surface area (Å²) in [5, 5.41) is 0.0896. The molecule has 4 heteroatoms. The minimum atomic E-state index is -0.470. The summed E-state index contributed by atoms with van der Waals surface area (Å²) in [6.45, 7) is 0.807. The molecule has 1 aromatic rings. The summed E-state index contributed by atoms with van der Waals surface area (Å²) in [6, 6.07) is 4.52. The topological polar surface area (TPSA) is 26.3 Å². The van der Waals surface area contributed by atoms with Crippen molar-refractivity contribution in [3.05, 3.63) is 34.6 Å². The summed E-state index contributed by atoms with van der Waals surface area (Å²) in [5.41, 5.74) is 0.677. The first-order chi connectivity index (χ1) is 9.15. The fourth-order valence-corrected chi connectivity index (χ4v) is 2.44. The number of hydrogen-bond acceptors (Lipinski definition) is 2. The van der Waals surface area contributed by atoms with Crippen molar-refractivity contribution in [2.75, 3.05) is 6.61 Å². The van der Waals surface area contributed by atoms with Crippen LogP contribution in [0.4, 0.5) is 4.39 Å². The molecular weight excluding hydrogens is 267 g/mol. The Morgan fingerprint density at radius 3 is 2.95 bits per heavy atom. The number of ketones is 1. The molecule has 104 valence electrons. The van der Waals surface area contributed by atoms with Crippen LogP contribution in [-0.4, -0.2) is 18.5 Å². The van der Waals surface area contributed by atoms with Gasteiger partial charge in [0, 0.05) is 19.4 Å². The van der Waals surface area contributed by atoms with Crippen LogP contribution < -0.4 is 0 Å². The van der Waals surface area contributed by atoms with Crippen LogP contribution in [0.5, 0.6) is 0 Å². The average molecular weight is 285 g/mol. The molecule has 1 fully saturated rings. The predicted octanol–water partition coefficient (Wildman–Crippen LogP) is 3.94. The van der Waals surface area contributed by atoms with Gasteiger partial charge in [-0.2, -0.15) is 0 Å². The SMILES string of the molecule is O=C(CCC1CCCCO1)Cc1ccc(Cl)c(F)c1. The van der Waals surface area contributed by atoms with Crippen LogP contribution in [-0.2, 0) is 16.0 Å². The molecule has 19 heavy (non-hydrogen) atoms. The lowest BCUT2D eigenvalue weighted by Gasteiger charge is -2.22. The fourth-order valence-electron chi connectivity index (χ4n) is 2.32. The highest BCUT2D eigenvalue weighted by molar-refractivity contribution is 6.30. The molecule has 2 rings (SSSR count). The van der Waals surface area contributed by atoms with E-state index in [2.05, 4.69) is 0 Å². The van der Waals surface area contributed by atoms with Crippen molar-refractivity contribution in [3.63, 3.8) is 0 Å². The van der Waals surface area contributed by atoms with Gasteiger partial charge in [0.15, 0.2) is 0 Å². The Hall–Kier alpha value is -0.930. The Morgan fingerprint density at radius 2 is 2.26 bits per heavy atom. The summed E-state index contributed by atoms with van der Waals surface area (Å²) in [6.07, 6.45) is 5.10. The van der Waals surface area contributed by atoms with Crippen LogP contribution in [0.15, 0.2) is 18.2 Å². The van der Waals surface area contributed by atoms with Crippen molar-refractivity contribution in [3.8, 4) is 0 Å². The normalized spacial score (nSPS) is 19.4. The van der Waals surface area contributed by atoms with Gasteiger partial charge < -0.3 is 4.74 Å². The van der Waals surface area contributed by atoms with Gasteiger partial charge in [-0.1, -0.05) is 17.7 Å². The molecule has 1 unspecified atom stereocenters. The van der Waals surface area contributed by atoms with Crippen LogP contribution in [0.25, 0.3) is 0 Å². The van der Waals surface area contributed by atoms with Crippen LogP contribution >= 0.6 is 11.6 Å². The highest BCUT2D eigenvalue weighted by Gasteiger charge is 2.15. The third kappa shape index (κ3) is 4.59. The standard InChI is InChI=1S/C15H18ClFO2/c16-14-7-4-11(10-15(14)17)9-12(18)5-6-13-3-1-2-8-19-13/h4,7,10,13H,1-3,5-6,8-9H2. The Bertz CT molecular complexity index is 442. The Morgan fingerprint density at radius 1 is 1.42 bits per heavy atom. The summed E-state index contributed by atoms with van der Waals surface area (Å²) in [4.78, 5) is 11.8. The Labute approximate surface area is 117 Å². The van der Waals surface area contributed by atoms with Gasteiger partial charge in [0.05, 0.1) is 11.1 Å². The van der Waals surface area contributed by atoms with Gasteiger partial charge in [0.2, 0.25) is 0 Å². The summed E-state index contributed by atoms with van der Waals surface area (Å²) >= 11 is 5.60. The molecule has 1 saturated heterocycles. The maximum absolute atomic E-state index is 13.2. The van der Waals surface area contributed by atoms with Gasteiger partial charge in [-0.25, -0.2) is 4.39 Å². The van der Waals surface area contributed by atoms with Crippen LogP contribution in [0, 0.1) is 5.82 Å². The molecule has 1 aromatic carbocycles. The van der Waals surface area contributed by atoms with E-state index in [1.54, 1.807) is 6.07 Å². The van der Waals surface area contributed by atoms with E-state index in [9.17, 15) is 9.18 Å². The molecule has 0 amide bonds. The van der Waals surface area contributed by atoms with Gasteiger partial charge >= 0.3 is 0 Å². The zero-order chi connectivity index (χ0) is 13.7. The third-order valence-electron chi connectivity index (χ3n) is 3.40. The highest BCUT2D eigenvalue weighted by Crippen LogP contribution is 2.19. The number of carbonyl (C=O) groups excluding carboxylic acids is 1. The van der Waals surface area contributed by atoms with Gasteiger partial charge in [0.25, 0.3) is 0 Å². The van der Waals surface area contributed by atoms with E-state index in [4.69, 9.17) is 16.3 Å². The zero-order valence-corrected chi connectivity index (χ0v) is 11.6. The average Bonchev–Trinajstić information content (AvgIpc) is 2.42. The molecule has 2 nitrogen and oxygen atoms in total. The number of Topliss-reactive ketones (excluding diaryl/α,β-unsaturated/α-hetero) is 1. The molecule has 0 aromatic heterocycles. The molecule has 0 radical (unpaired) electrons. The molecule has 0 aliphatic carbocycles. The minimum absolute atomic E-state index is 0.0896. The first-order valence-electron chi connectivity index (χ1n) is 6.72. The predicted molar refractivity (Wildman–Crippen MR) is 72.9 cm³/mol. The monoisotopic (exact) mass is 284 g/mol. The molecule has 0 spiro atoms. The quantitative estimate of drug-likeness (QED) is 0.819. The van der Waals surface area contributed by atoms with E-state index in [0.29, 0.717) is 12.0 Å². The molecular formula is C15H18ClFO2. The lowest BCUT2D eigenvalue weighted by Crippen LogP contribution is -2.20. The molecule has 0 bridgehead atoms. The number of rotatable bonds is 5. The second kappa shape index (κ2) is 7.01. The van der Waals surface area contributed by atoms with Gasteiger partial charge in [0.1, 0.15) is 11.6 Å². The van der Waals surface area contributed by atoms with Crippen LogP contribution in [0.2, 0.25) is 5.02 Å². The minimum Gasteiger partial charge on any atom is -0.378 e. The van der Waals surface area contributed by atoms with Crippen molar-refractivity contribution < 1.29 is 13.9 Å². The van der Waals surface area contributed by atoms with Crippen LogP contribution in [0.3, 0.4) is 0 Å². The van der Waals surface area contributed by atoms with E-state index in [1.807, 2.05) is 0 Å². The van der Waals surface area contributed by atoms with Crippen molar-refractivity contribution in [2.45, 2.75) is 44.6 Å². The number of carbonyl (C=O) groups is 1. The van der Waals surface area contributed by atoms with E-state index < -0.39 is 5.82 Å². The van der Waals surface area contributed by atoms with E-state index in [1.165, 1.54) is 18.6 Å². The maximum Gasteiger partial charge on any atom is 0.142 e. The van der Waals surface area contributed by atoms with Gasteiger partial charge in [-0.15, -0.1) is 0 Å². The zero-order valence-electron chi connectivity index (χ0n) is 10.8. The lowest BCUT2D eigenvalue weighted by molar-refractivity contribution is -0.119. The first-order valence-corrected chi connectivity index (χ1v) is 7.10. The van der Waals surface area contributed by atoms with Crippen molar-refractivity contribution in [2.24, 2.45) is 0 Å². The van der Waals surface area contributed by atoms with Crippen molar-refractivity contribution in [1.29, 1.82) is 0 Å². The molecule has 0 N–H and O–H groups in total. The third-order valence-corrected chi connectivity index (χ3v) is 3.71. The molecule has 1 atom stereocenters. The smallest absolute Gasteiger partial charge is 0.142 e. The Balaban J connectivity index is 1.78. The maximum atomic E-state index is 13.2. The number of benzene rings is 1. The van der Waals surface area contributed by atoms with Crippen LogP contribution in [0.1, 0.15) is 37.7 Å². The number of hydrogen-bond donors (Lipinski definition) is 0. The summed E-state index contributed by atoms with van der Waals surface area (Å²) < 4.78 is 18.8. The number of halogens is 2. The highest BCUT2D eigenvalue weighted by atomic mass is 35.5. The second-order valence-corrected chi connectivity index (χ2v) is 5.40. The molecule has 1 heterocycles. The fraction of sp³-hybridized carbons (Fsp3) is 0.533. The van der Waals surface area contributed by atoms with Crippen molar-refractivity contribution >= 4 is 17.4 Å². The Kier molecular flexibility index (Phi) is 5.34. The van der Waals surface area contributed by atoms with Crippen molar-refractivity contribution in [1.82, 2.24) is 0 Å². The van der Waals surface area contributed by atoms with E-state index >= 15 is 0 Å². The lowest BCUT2D eigenvalue weighted by atomic mass is 10.0. The van der Waals surface area contributed by atoms with E-state index in [0.717, 1.165) is 25.9 Å². The second-order valence-electron chi connectivity index (χ2n) is 4.99. The first kappa shape index (κ1) is 14.5. The molecule has 1 aliphatic rings. The van der Waals surface area contributed by atoms with E-state index in [-0.39, 0.29) is 23.3 Å². The number of ether oxygens (including phenoxy) is 1.